The molecule has 0 aromatic carbocycles. The van der Waals surface area contributed by atoms with Crippen LogP contribution in [0, 0.1) is 5.92 Å². The van der Waals surface area contributed by atoms with E-state index in [1.165, 1.54) is 48.1 Å². The number of quaternary nitrogens is 1. The molecule has 24 heavy (non-hydrogen) atoms. The first kappa shape index (κ1) is 16.2. The van der Waals surface area contributed by atoms with E-state index in [0.717, 1.165) is 49.4 Å². The van der Waals surface area contributed by atoms with Crippen LogP contribution >= 0.6 is 11.3 Å². The Labute approximate surface area is 147 Å². The van der Waals surface area contributed by atoms with Crippen molar-refractivity contribution < 1.29 is 9.64 Å². The minimum atomic E-state index is 0.772. The summed E-state index contributed by atoms with van der Waals surface area (Å²) in [4.78, 5) is 13.4. The second-order valence-electron chi connectivity index (χ2n) is 7.15. The molecule has 4 rings (SSSR count). The van der Waals surface area contributed by atoms with Gasteiger partial charge < -0.3 is 15.0 Å². The molecule has 2 N–H and O–H groups in total. The fourth-order valence-electron chi connectivity index (χ4n) is 3.87. The average Bonchev–Trinajstić information content (AvgIpc) is 2.98. The smallest absolute Gasteiger partial charge is 0.138 e. The van der Waals surface area contributed by atoms with Crippen LogP contribution < -0.4 is 10.2 Å². The van der Waals surface area contributed by atoms with Crippen molar-refractivity contribution in [2.24, 2.45) is 5.92 Å². The Bertz CT molecular complexity index is 696. The third kappa shape index (κ3) is 3.41. The van der Waals surface area contributed by atoms with Crippen LogP contribution in [-0.2, 0) is 17.6 Å². The highest BCUT2D eigenvalue weighted by Gasteiger charge is 2.23. The number of aromatic nitrogens is 2. The van der Waals surface area contributed by atoms with Gasteiger partial charge in [0.25, 0.3) is 0 Å². The molecular weight excluding hydrogens is 320 g/mol. The molecule has 1 saturated heterocycles. The number of aryl methyl sites for hydroxylation is 1. The molecule has 1 fully saturated rings. The van der Waals surface area contributed by atoms with E-state index in [1.54, 1.807) is 11.2 Å². The van der Waals surface area contributed by atoms with Crippen LogP contribution in [0.4, 0.5) is 5.82 Å². The lowest BCUT2D eigenvalue weighted by molar-refractivity contribution is -0.908. The molecule has 0 unspecified atom stereocenters. The summed E-state index contributed by atoms with van der Waals surface area (Å²) in [7, 11) is 0. The highest BCUT2D eigenvalue weighted by molar-refractivity contribution is 7.19. The number of hydrogen-bond donors (Lipinski definition) is 2. The molecule has 0 saturated carbocycles. The second kappa shape index (κ2) is 7.33. The zero-order valence-corrected chi connectivity index (χ0v) is 15.3. The van der Waals surface area contributed by atoms with Crippen molar-refractivity contribution in [2.75, 3.05) is 44.7 Å². The first-order valence-corrected chi connectivity index (χ1v) is 10.0. The van der Waals surface area contributed by atoms with E-state index in [2.05, 4.69) is 22.2 Å². The number of hydrogen-bond acceptors (Lipinski definition) is 5. The van der Waals surface area contributed by atoms with Crippen molar-refractivity contribution in [1.82, 2.24) is 9.97 Å². The Morgan fingerprint density at radius 1 is 1.33 bits per heavy atom. The minimum Gasteiger partial charge on any atom is -0.370 e. The number of anilines is 1. The fraction of sp³-hybridized carbons (Fsp3) is 0.667. The van der Waals surface area contributed by atoms with Crippen LogP contribution in [0.3, 0.4) is 0 Å². The van der Waals surface area contributed by atoms with Crippen LogP contribution in [0.2, 0.25) is 0 Å². The maximum Gasteiger partial charge on any atom is 0.138 e. The van der Waals surface area contributed by atoms with Crippen molar-refractivity contribution >= 4 is 27.4 Å². The van der Waals surface area contributed by atoms with Crippen LogP contribution in [0.1, 0.15) is 30.2 Å². The van der Waals surface area contributed by atoms with E-state index in [0.29, 0.717) is 0 Å². The van der Waals surface area contributed by atoms with Crippen LogP contribution in [0.25, 0.3) is 10.2 Å². The molecule has 2 aromatic rings. The molecule has 1 aliphatic heterocycles. The Morgan fingerprint density at radius 2 is 2.21 bits per heavy atom. The minimum absolute atomic E-state index is 0.772. The maximum atomic E-state index is 5.42. The molecule has 6 heteroatoms. The van der Waals surface area contributed by atoms with Gasteiger partial charge in [-0.2, -0.15) is 0 Å². The number of nitrogens with zero attached hydrogens (tertiary/aromatic N) is 2. The molecule has 5 nitrogen and oxygen atoms in total. The summed E-state index contributed by atoms with van der Waals surface area (Å²) < 4.78 is 5.42. The van der Waals surface area contributed by atoms with Crippen molar-refractivity contribution in [2.45, 2.75) is 32.6 Å². The van der Waals surface area contributed by atoms with E-state index >= 15 is 0 Å². The number of ether oxygens (including phenoxy) is 1. The second-order valence-corrected chi connectivity index (χ2v) is 8.23. The number of morpholine rings is 1. The van der Waals surface area contributed by atoms with Gasteiger partial charge >= 0.3 is 0 Å². The maximum absolute atomic E-state index is 5.42. The number of fused-ring (bicyclic) bond motifs is 3. The zero-order valence-electron chi connectivity index (χ0n) is 14.4. The molecule has 0 radical (unpaired) electrons. The highest BCUT2D eigenvalue weighted by atomic mass is 32.1. The van der Waals surface area contributed by atoms with Crippen molar-refractivity contribution in [1.29, 1.82) is 0 Å². The Morgan fingerprint density at radius 3 is 3.08 bits per heavy atom. The predicted molar refractivity (Wildman–Crippen MR) is 98.1 cm³/mol. The van der Waals surface area contributed by atoms with Gasteiger partial charge in [-0.3, -0.25) is 0 Å². The lowest BCUT2D eigenvalue weighted by Gasteiger charge is -2.23. The Balaban J connectivity index is 1.43. The highest BCUT2D eigenvalue weighted by Crippen LogP contribution is 2.39. The van der Waals surface area contributed by atoms with Gasteiger partial charge in [0.1, 0.15) is 30.1 Å². The summed E-state index contributed by atoms with van der Waals surface area (Å²) in [5.74, 6) is 1.82. The van der Waals surface area contributed by atoms with E-state index in [1.807, 2.05) is 11.3 Å². The Hall–Kier alpha value is -1.24. The number of thiophene rings is 1. The molecular formula is C18H27N4OS+. The average molecular weight is 348 g/mol. The first-order valence-electron chi connectivity index (χ1n) is 9.21. The number of rotatable bonds is 5. The van der Waals surface area contributed by atoms with E-state index in [4.69, 9.17) is 4.74 Å². The summed E-state index contributed by atoms with van der Waals surface area (Å²) in [6.45, 7) is 8.67. The number of nitrogens with one attached hydrogen (secondary N) is 2. The normalized spacial score (nSPS) is 21.8. The SMILES string of the molecule is C[C@@H]1CCc2sc3ncnc(NCCC[NH+]4CCOCC4)c3c2C1. The van der Waals surface area contributed by atoms with Crippen molar-refractivity contribution in [3.63, 3.8) is 0 Å². The first-order chi connectivity index (χ1) is 11.8. The van der Waals surface area contributed by atoms with Gasteiger partial charge in [0.15, 0.2) is 0 Å². The monoisotopic (exact) mass is 347 g/mol. The molecule has 130 valence electrons. The lowest BCUT2D eigenvalue weighted by atomic mass is 9.88. The van der Waals surface area contributed by atoms with E-state index in [9.17, 15) is 0 Å². The summed E-state index contributed by atoms with van der Waals surface area (Å²) in [6, 6.07) is 0. The zero-order chi connectivity index (χ0) is 16.4. The van der Waals surface area contributed by atoms with E-state index < -0.39 is 0 Å². The van der Waals surface area contributed by atoms with Crippen LogP contribution in [-0.4, -0.2) is 49.4 Å². The van der Waals surface area contributed by atoms with Gasteiger partial charge in [-0.05, 0) is 30.7 Å². The van der Waals surface area contributed by atoms with Crippen LogP contribution in [0.15, 0.2) is 6.33 Å². The summed E-state index contributed by atoms with van der Waals surface area (Å²) in [5.41, 5.74) is 1.51. The molecule has 3 heterocycles. The van der Waals surface area contributed by atoms with Gasteiger partial charge in [0, 0.05) is 17.8 Å². The standard InChI is InChI=1S/C18H26N4OS/c1-13-3-4-15-14(11-13)16-17(20-12-21-18(16)24-15)19-5-2-6-22-7-9-23-10-8-22/h12-13H,2-11H2,1H3,(H,19,20,21)/p+1/t13-/m1/s1. The third-order valence-corrected chi connectivity index (χ3v) is 6.49. The third-order valence-electron chi connectivity index (χ3n) is 5.29. The van der Waals surface area contributed by atoms with Crippen molar-refractivity contribution in [3.05, 3.63) is 16.8 Å². The summed E-state index contributed by atoms with van der Waals surface area (Å²) in [6.07, 6.45) is 6.57. The largest absolute Gasteiger partial charge is 0.370 e. The molecule has 1 aliphatic carbocycles. The lowest BCUT2D eigenvalue weighted by Crippen LogP contribution is -3.14. The van der Waals surface area contributed by atoms with Gasteiger partial charge in [-0.25, -0.2) is 9.97 Å². The Kier molecular flexibility index (Phi) is 4.96. The van der Waals surface area contributed by atoms with Gasteiger partial charge in [-0.1, -0.05) is 6.92 Å². The van der Waals surface area contributed by atoms with Crippen molar-refractivity contribution in [3.8, 4) is 0 Å². The predicted octanol–water partition coefficient (Wildman–Crippen LogP) is 1.53. The summed E-state index contributed by atoms with van der Waals surface area (Å²) >= 11 is 1.87. The fourth-order valence-corrected chi connectivity index (χ4v) is 5.06. The molecule has 0 amide bonds. The molecule has 1 atom stereocenters. The molecule has 2 aromatic heterocycles. The van der Waals surface area contributed by atoms with Crippen LogP contribution in [0.5, 0.6) is 0 Å². The van der Waals surface area contributed by atoms with Gasteiger partial charge in [0.05, 0.1) is 25.1 Å². The molecule has 0 spiro atoms. The topological polar surface area (TPSA) is 51.5 Å². The molecule has 0 bridgehead atoms. The molecule has 2 aliphatic rings. The van der Waals surface area contributed by atoms with Gasteiger partial charge in [-0.15, -0.1) is 11.3 Å². The summed E-state index contributed by atoms with van der Waals surface area (Å²) in [5, 5.41) is 4.88. The van der Waals surface area contributed by atoms with E-state index in [-0.39, 0.29) is 0 Å². The quantitative estimate of drug-likeness (QED) is 0.806. The van der Waals surface area contributed by atoms with Gasteiger partial charge in [0.2, 0.25) is 0 Å².